The van der Waals surface area contributed by atoms with Crippen LogP contribution in [0.1, 0.15) is 18.1 Å². The molecule has 2 rings (SSSR count). The first-order valence-electron chi connectivity index (χ1n) is 5.62. The number of nitrogens with zero attached hydrogens (tertiary/aromatic N) is 3. The molecule has 1 aliphatic rings. The Morgan fingerprint density at radius 3 is 3.12 bits per heavy atom. The molecule has 0 spiro atoms. The van der Waals surface area contributed by atoms with Crippen molar-refractivity contribution in [2.75, 3.05) is 20.3 Å². The summed E-state index contributed by atoms with van der Waals surface area (Å²) in [5.41, 5.74) is 0. The average Bonchev–Trinajstić information content (AvgIpc) is 2.90. The van der Waals surface area contributed by atoms with Crippen molar-refractivity contribution in [2.45, 2.75) is 25.9 Å². The van der Waals surface area contributed by atoms with E-state index in [0.29, 0.717) is 19.0 Å². The molecule has 0 saturated carbocycles. The van der Waals surface area contributed by atoms with E-state index in [9.17, 15) is 4.79 Å². The summed E-state index contributed by atoms with van der Waals surface area (Å²) in [6.07, 6.45) is 0.874. The van der Waals surface area contributed by atoms with Gasteiger partial charge in [0, 0.05) is 13.7 Å². The molecule has 0 radical (unpaired) electrons. The van der Waals surface area contributed by atoms with Gasteiger partial charge in [0.05, 0.1) is 19.2 Å². The van der Waals surface area contributed by atoms with E-state index >= 15 is 0 Å². The molecule has 1 fully saturated rings. The molecule has 0 aliphatic carbocycles. The van der Waals surface area contributed by atoms with E-state index in [1.54, 1.807) is 11.9 Å². The minimum absolute atomic E-state index is 0.122. The summed E-state index contributed by atoms with van der Waals surface area (Å²) in [5.74, 6) is 1.36. The maximum atomic E-state index is 11.8. The minimum Gasteiger partial charge on any atom is -0.379 e. The summed E-state index contributed by atoms with van der Waals surface area (Å²) < 4.78 is 5.20. The zero-order valence-corrected chi connectivity index (χ0v) is 10.1. The van der Waals surface area contributed by atoms with Crippen molar-refractivity contribution in [2.24, 2.45) is 0 Å². The fourth-order valence-corrected chi connectivity index (χ4v) is 1.68. The summed E-state index contributed by atoms with van der Waals surface area (Å²) in [6, 6.07) is 0.00165. The predicted molar refractivity (Wildman–Crippen MR) is 60.3 cm³/mol. The monoisotopic (exact) mass is 239 g/mol. The van der Waals surface area contributed by atoms with Crippen molar-refractivity contribution >= 4 is 6.03 Å². The van der Waals surface area contributed by atoms with Crippen molar-refractivity contribution in [3.63, 3.8) is 0 Å². The van der Waals surface area contributed by atoms with Crippen LogP contribution in [-0.4, -0.2) is 52.4 Å². The van der Waals surface area contributed by atoms with Crippen LogP contribution in [-0.2, 0) is 11.3 Å². The number of H-pyrrole nitrogens is 1. The Morgan fingerprint density at radius 1 is 1.71 bits per heavy atom. The van der Waals surface area contributed by atoms with Crippen molar-refractivity contribution in [3.05, 3.63) is 11.6 Å². The number of aromatic amines is 1. The van der Waals surface area contributed by atoms with Gasteiger partial charge < -0.3 is 15.0 Å². The van der Waals surface area contributed by atoms with Crippen LogP contribution in [0.5, 0.6) is 0 Å². The van der Waals surface area contributed by atoms with Gasteiger partial charge in [0.2, 0.25) is 0 Å². The van der Waals surface area contributed by atoms with E-state index in [4.69, 9.17) is 4.74 Å². The molecular formula is C10H17N5O2. The highest BCUT2D eigenvalue weighted by atomic mass is 16.5. The standard InChI is InChI=1S/C10H17N5O2/c1-7-11-9(14-13-7)5-15(2)10(16)12-8-3-4-17-6-8/h8H,3-6H2,1-2H3,(H,12,16)(H,11,13,14). The Bertz CT molecular complexity index is 386. The molecule has 0 bridgehead atoms. The fourth-order valence-electron chi connectivity index (χ4n) is 1.68. The van der Waals surface area contributed by atoms with E-state index in [0.717, 1.165) is 18.9 Å². The average molecular weight is 239 g/mol. The third-order valence-electron chi connectivity index (χ3n) is 2.63. The third-order valence-corrected chi connectivity index (χ3v) is 2.63. The number of nitrogens with one attached hydrogen (secondary N) is 2. The molecule has 1 saturated heterocycles. The zero-order chi connectivity index (χ0) is 12.3. The van der Waals surface area contributed by atoms with Crippen molar-refractivity contribution in [3.8, 4) is 0 Å². The molecule has 1 aromatic rings. The number of ether oxygens (including phenoxy) is 1. The smallest absolute Gasteiger partial charge is 0.317 e. The van der Waals surface area contributed by atoms with Gasteiger partial charge in [0.25, 0.3) is 0 Å². The summed E-state index contributed by atoms with van der Waals surface area (Å²) in [7, 11) is 1.72. The number of carbonyl (C=O) groups excluding carboxylic acids is 1. The maximum absolute atomic E-state index is 11.8. The van der Waals surface area contributed by atoms with Gasteiger partial charge in [-0.1, -0.05) is 0 Å². The molecule has 7 nitrogen and oxygen atoms in total. The SMILES string of the molecule is Cc1nc(CN(C)C(=O)NC2CCOC2)n[nH]1. The quantitative estimate of drug-likeness (QED) is 0.780. The van der Waals surface area contributed by atoms with Crippen LogP contribution in [0.3, 0.4) is 0 Å². The molecule has 0 aromatic carbocycles. The number of aromatic nitrogens is 3. The fraction of sp³-hybridized carbons (Fsp3) is 0.700. The first-order chi connectivity index (χ1) is 8.15. The van der Waals surface area contributed by atoms with Gasteiger partial charge in [-0.2, -0.15) is 5.10 Å². The predicted octanol–water partition coefficient (Wildman–Crippen LogP) is 0.0434. The highest BCUT2D eigenvalue weighted by Crippen LogP contribution is 2.04. The van der Waals surface area contributed by atoms with Crippen LogP contribution >= 0.6 is 0 Å². The second-order valence-corrected chi connectivity index (χ2v) is 4.20. The van der Waals surface area contributed by atoms with Gasteiger partial charge in [-0.15, -0.1) is 0 Å². The van der Waals surface area contributed by atoms with Crippen LogP contribution < -0.4 is 5.32 Å². The van der Waals surface area contributed by atoms with E-state index in [1.807, 2.05) is 6.92 Å². The highest BCUT2D eigenvalue weighted by molar-refractivity contribution is 5.74. The minimum atomic E-state index is -0.122. The summed E-state index contributed by atoms with van der Waals surface area (Å²) >= 11 is 0. The Balaban J connectivity index is 1.82. The Morgan fingerprint density at radius 2 is 2.53 bits per heavy atom. The van der Waals surface area contributed by atoms with Crippen LogP contribution in [0.2, 0.25) is 0 Å². The van der Waals surface area contributed by atoms with Gasteiger partial charge >= 0.3 is 6.03 Å². The summed E-state index contributed by atoms with van der Waals surface area (Å²) in [4.78, 5) is 17.5. The number of hydrogen-bond donors (Lipinski definition) is 2. The molecule has 1 unspecified atom stereocenters. The number of amides is 2. The second-order valence-electron chi connectivity index (χ2n) is 4.20. The zero-order valence-electron chi connectivity index (χ0n) is 10.1. The van der Waals surface area contributed by atoms with Crippen molar-refractivity contribution < 1.29 is 9.53 Å². The second kappa shape index (κ2) is 5.13. The molecule has 7 heteroatoms. The van der Waals surface area contributed by atoms with Gasteiger partial charge in [-0.25, -0.2) is 9.78 Å². The molecule has 1 aromatic heterocycles. The molecule has 17 heavy (non-hydrogen) atoms. The van der Waals surface area contributed by atoms with Gasteiger partial charge in [-0.05, 0) is 13.3 Å². The molecule has 2 amide bonds. The van der Waals surface area contributed by atoms with Gasteiger partial charge in [0.1, 0.15) is 5.82 Å². The highest BCUT2D eigenvalue weighted by Gasteiger charge is 2.20. The lowest BCUT2D eigenvalue weighted by Crippen LogP contribution is -2.43. The Kier molecular flexibility index (Phi) is 3.58. The van der Waals surface area contributed by atoms with Crippen LogP contribution in [0.25, 0.3) is 0 Å². The third kappa shape index (κ3) is 3.16. The van der Waals surface area contributed by atoms with Gasteiger partial charge in [0.15, 0.2) is 5.82 Å². The van der Waals surface area contributed by atoms with E-state index < -0.39 is 0 Å². The number of carbonyl (C=O) groups is 1. The maximum Gasteiger partial charge on any atom is 0.317 e. The first-order valence-corrected chi connectivity index (χ1v) is 5.62. The number of urea groups is 1. The van der Waals surface area contributed by atoms with Crippen molar-refractivity contribution in [1.29, 1.82) is 0 Å². The summed E-state index contributed by atoms with van der Waals surface area (Å²) in [5, 5.41) is 9.64. The number of rotatable bonds is 3. The Labute approximate surface area is 99.5 Å². The van der Waals surface area contributed by atoms with Gasteiger partial charge in [-0.3, -0.25) is 5.10 Å². The van der Waals surface area contributed by atoms with Crippen LogP contribution in [0.15, 0.2) is 0 Å². The molecule has 1 atom stereocenters. The van der Waals surface area contributed by atoms with Crippen LogP contribution in [0.4, 0.5) is 4.79 Å². The number of aryl methyl sites for hydroxylation is 1. The van der Waals surface area contributed by atoms with Crippen molar-refractivity contribution in [1.82, 2.24) is 25.4 Å². The normalized spacial score (nSPS) is 19.3. The van der Waals surface area contributed by atoms with E-state index in [2.05, 4.69) is 20.5 Å². The Hall–Kier alpha value is -1.63. The molecule has 2 heterocycles. The van der Waals surface area contributed by atoms with Crippen LogP contribution in [0, 0.1) is 6.92 Å². The molecule has 1 aliphatic heterocycles. The summed E-state index contributed by atoms with van der Waals surface area (Å²) in [6.45, 7) is 3.53. The number of hydrogen-bond acceptors (Lipinski definition) is 4. The molecular weight excluding hydrogens is 222 g/mol. The molecule has 94 valence electrons. The van der Waals surface area contributed by atoms with E-state index in [1.165, 1.54) is 0 Å². The largest absolute Gasteiger partial charge is 0.379 e. The lowest BCUT2D eigenvalue weighted by atomic mass is 10.3. The topological polar surface area (TPSA) is 83.1 Å². The lowest BCUT2D eigenvalue weighted by molar-refractivity contribution is 0.181. The first kappa shape index (κ1) is 11.8. The molecule has 2 N–H and O–H groups in total. The van der Waals surface area contributed by atoms with E-state index in [-0.39, 0.29) is 12.1 Å². The lowest BCUT2D eigenvalue weighted by Gasteiger charge is -2.18.